The van der Waals surface area contributed by atoms with Gasteiger partial charge >= 0.3 is 0 Å². The SMILES string of the molecule is CC(C)(C)c1nnc2cncc(Cl)n12. The van der Waals surface area contributed by atoms with Crippen LogP contribution in [0.2, 0.25) is 5.15 Å². The molecule has 74 valence electrons. The van der Waals surface area contributed by atoms with Gasteiger partial charge in [0.2, 0.25) is 0 Å². The zero-order valence-corrected chi connectivity index (χ0v) is 9.08. The highest BCUT2D eigenvalue weighted by atomic mass is 35.5. The van der Waals surface area contributed by atoms with Crippen molar-refractivity contribution >= 4 is 17.2 Å². The molecule has 0 fully saturated rings. The van der Waals surface area contributed by atoms with Crippen LogP contribution in [0.5, 0.6) is 0 Å². The second-order valence-electron chi connectivity index (χ2n) is 4.20. The molecule has 0 spiro atoms. The quantitative estimate of drug-likeness (QED) is 0.669. The van der Waals surface area contributed by atoms with Crippen LogP contribution in [0, 0.1) is 0 Å². The van der Waals surface area contributed by atoms with Gasteiger partial charge in [0.1, 0.15) is 11.0 Å². The number of nitrogens with zero attached hydrogens (tertiary/aromatic N) is 4. The van der Waals surface area contributed by atoms with E-state index in [4.69, 9.17) is 11.6 Å². The Balaban J connectivity index is 2.80. The van der Waals surface area contributed by atoms with Gasteiger partial charge in [-0.2, -0.15) is 0 Å². The highest BCUT2D eigenvalue weighted by molar-refractivity contribution is 6.29. The molecule has 0 atom stereocenters. The van der Waals surface area contributed by atoms with Gasteiger partial charge < -0.3 is 0 Å². The van der Waals surface area contributed by atoms with Gasteiger partial charge in [0.25, 0.3) is 0 Å². The number of halogens is 1. The summed E-state index contributed by atoms with van der Waals surface area (Å²) >= 11 is 6.03. The minimum Gasteiger partial charge on any atom is -0.266 e. The summed E-state index contributed by atoms with van der Waals surface area (Å²) in [4.78, 5) is 3.95. The molecule has 2 aromatic heterocycles. The average Bonchev–Trinajstić information content (AvgIpc) is 2.47. The van der Waals surface area contributed by atoms with Crippen LogP contribution in [-0.2, 0) is 5.41 Å². The van der Waals surface area contributed by atoms with Crippen molar-refractivity contribution in [3.63, 3.8) is 0 Å². The molecule has 0 aromatic carbocycles. The zero-order valence-electron chi connectivity index (χ0n) is 8.32. The number of rotatable bonds is 0. The zero-order chi connectivity index (χ0) is 10.3. The molecule has 2 rings (SSSR count). The maximum Gasteiger partial charge on any atom is 0.180 e. The summed E-state index contributed by atoms with van der Waals surface area (Å²) in [5, 5.41) is 8.67. The summed E-state index contributed by atoms with van der Waals surface area (Å²) in [5.74, 6) is 0.847. The van der Waals surface area contributed by atoms with Crippen LogP contribution >= 0.6 is 11.6 Å². The third kappa shape index (κ3) is 1.35. The fourth-order valence-corrected chi connectivity index (χ4v) is 1.52. The smallest absolute Gasteiger partial charge is 0.180 e. The lowest BCUT2D eigenvalue weighted by Crippen LogP contribution is -2.16. The number of hydrogen-bond donors (Lipinski definition) is 0. The Hall–Kier alpha value is -1.16. The second-order valence-corrected chi connectivity index (χ2v) is 4.58. The van der Waals surface area contributed by atoms with E-state index in [1.807, 2.05) is 4.40 Å². The van der Waals surface area contributed by atoms with Gasteiger partial charge in [-0.1, -0.05) is 32.4 Å². The molecule has 0 radical (unpaired) electrons. The summed E-state index contributed by atoms with van der Waals surface area (Å²) in [6, 6.07) is 0. The standard InChI is InChI=1S/C9H11ClN4/c1-9(2,3)8-13-12-7-5-11-4-6(10)14(7)8/h4-5H,1-3H3. The van der Waals surface area contributed by atoms with Crippen molar-refractivity contribution < 1.29 is 0 Å². The van der Waals surface area contributed by atoms with Crippen LogP contribution in [0.4, 0.5) is 0 Å². The maximum atomic E-state index is 6.03. The largest absolute Gasteiger partial charge is 0.266 e. The molecule has 0 unspecified atom stereocenters. The first-order valence-electron chi connectivity index (χ1n) is 4.35. The third-order valence-electron chi connectivity index (χ3n) is 1.94. The van der Waals surface area contributed by atoms with Crippen molar-refractivity contribution in [3.8, 4) is 0 Å². The Morgan fingerprint density at radius 1 is 1.21 bits per heavy atom. The topological polar surface area (TPSA) is 43.1 Å². The van der Waals surface area contributed by atoms with Crippen LogP contribution in [-0.4, -0.2) is 19.6 Å². The lowest BCUT2D eigenvalue weighted by molar-refractivity contribution is 0.538. The van der Waals surface area contributed by atoms with Gasteiger partial charge in [-0.15, -0.1) is 10.2 Å². The van der Waals surface area contributed by atoms with Crippen molar-refractivity contribution in [2.45, 2.75) is 26.2 Å². The van der Waals surface area contributed by atoms with E-state index in [9.17, 15) is 0 Å². The fourth-order valence-electron chi connectivity index (χ4n) is 1.30. The van der Waals surface area contributed by atoms with Crippen molar-refractivity contribution in [3.05, 3.63) is 23.4 Å². The Labute approximate surface area is 86.9 Å². The van der Waals surface area contributed by atoms with E-state index in [0.717, 1.165) is 5.82 Å². The summed E-state index contributed by atoms with van der Waals surface area (Å²) < 4.78 is 1.81. The first-order valence-corrected chi connectivity index (χ1v) is 4.73. The monoisotopic (exact) mass is 210 g/mol. The average molecular weight is 211 g/mol. The minimum atomic E-state index is -0.0790. The predicted molar refractivity (Wildman–Crippen MR) is 54.5 cm³/mol. The Bertz CT molecular complexity index is 469. The van der Waals surface area contributed by atoms with E-state index in [1.54, 1.807) is 12.4 Å². The summed E-state index contributed by atoms with van der Waals surface area (Å²) in [5.41, 5.74) is 0.604. The predicted octanol–water partition coefficient (Wildman–Crippen LogP) is 2.08. The van der Waals surface area contributed by atoms with E-state index in [1.165, 1.54) is 0 Å². The molecule has 0 bridgehead atoms. The molecule has 2 aromatic rings. The number of hydrogen-bond acceptors (Lipinski definition) is 3. The molecule has 0 aliphatic carbocycles. The van der Waals surface area contributed by atoms with Gasteiger partial charge in [-0.25, -0.2) is 0 Å². The van der Waals surface area contributed by atoms with E-state index in [-0.39, 0.29) is 5.41 Å². The van der Waals surface area contributed by atoms with Crippen molar-refractivity contribution in [1.82, 2.24) is 19.6 Å². The Morgan fingerprint density at radius 2 is 1.93 bits per heavy atom. The normalized spacial score (nSPS) is 12.3. The molecule has 0 saturated heterocycles. The summed E-state index contributed by atoms with van der Waals surface area (Å²) in [6.07, 6.45) is 3.24. The molecule has 0 N–H and O–H groups in total. The highest BCUT2D eigenvalue weighted by Gasteiger charge is 2.21. The van der Waals surface area contributed by atoms with E-state index in [2.05, 4.69) is 36.0 Å². The third-order valence-corrected chi connectivity index (χ3v) is 2.21. The van der Waals surface area contributed by atoms with Gasteiger partial charge in [-0.3, -0.25) is 9.38 Å². The van der Waals surface area contributed by atoms with Gasteiger partial charge in [0.05, 0.1) is 12.4 Å². The van der Waals surface area contributed by atoms with E-state index >= 15 is 0 Å². The molecule has 0 amide bonds. The van der Waals surface area contributed by atoms with Crippen molar-refractivity contribution in [1.29, 1.82) is 0 Å². The molecular formula is C9H11ClN4. The molecule has 4 nitrogen and oxygen atoms in total. The van der Waals surface area contributed by atoms with Gasteiger partial charge in [0.15, 0.2) is 5.65 Å². The molecule has 2 heterocycles. The lowest BCUT2D eigenvalue weighted by atomic mass is 9.96. The molecule has 0 aliphatic heterocycles. The van der Waals surface area contributed by atoms with Crippen LogP contribution < -0.4 is 0 Å². The summed E-state index contributed by atoms with van der Waals surface area (Å²) in [6.45, 7) is 6.21. The Morgan fingerprint density at radius 3 is 2.57 bits per heavy atom. The fraction of sp³-hybridized carbons (Fsp3) is 0.444. The first-order chi connectivity index (χ1) is 6.50. The molecule has 5 heteroatoms. The van der Waals surface area contributed by atoms with Crippen molar-refractivity contribution in [2.75, 3.05) is 0 Å². The van der Waals surface area contributed by atoms with Crippen LogP contribution in [0.25, 0.3) is 5.65 Å². The van der Waals surface area contributed by atoms with Crippen LogP contribution in [0.3, 0.4) is 0 Å². The minimum absolute atomic E-state index is 0.0790. The second kappa shape index (κ2) is 2.92. The van der Waals surface area contributed by atoms with Crippen LogP contribution in [0.1, 0.15) is 26.6 Å². The maximum absolute atomic E-state index is 6.03. The Kier molecular flexibility index (Phi) is 1.96. The highest BCUT2D eigenvalue weighted by Crippen LogP contribution is 2.23. The molecular weight excluding hydrogens is 200 g/mol. The number of fused-ring (bicyclic) bond motifs is 1. The van der Waals surface area contributed by atoms with E-state index < -0.39 is 0 Å². The molecule has 0 aliphatic rings. The van der Waals surface area contributed by atoms with Gasteiger partial charge in [-0.05, 0) is 0 Å². The van der Waals surface area contributed by atoms with E-state index in [0.29, 0.717) is 10.8 Å². The van der Waals surface area contributed by atoms with Crippen molar-refractivity contribution in [2.24, 2.45) is 0 Å². The van der Waals surface area contributed by atoms with Gasteiger partial charge in [0, 0.05) is 5.41 Å². The lowest BCUT2D eigenvalue weighted by Gasteiger charge is -2.15. The molecule has 14 heavy (non-hydrogen) atoms. The first kappa shape index (κ1) is 9.40. The number of aromatic nitrogens is 4. The molecule has 0 saturated carbocycles. The summed E-state index contributed by atoms with van der Waals surface area (Å²) in [7, 11) is 0. The van der Waals surface area contributed by atoms with Crippen LogP contribution in [0.15, 0.2) is 12.4 Å².